The monoisotopic (exact) mass is 148 g/mol. The summed E-state index contributed by atoms with van der Waals surface area (Å²) in [6, 6.07) is 4.19. The van der Waals surface area contributed by atoms with Crippen molar-refractivity contribution in [3.05, 3.63) is 0 Å². The Kier molecular flexibility index (Phi) is 1.06. The molecule has 11 heavy (non-hydrogen) atoms. The van der Waals surface area contributed by atoms with Crippen LogP contribution in [-0.2, 0) is 4.74 Å². The number of nitrogens with zero attached hydrogens (tertiary/aromatic N) is 2. The molecule has 3 heteroatoms. The normalized spacial score (nSPS) is 38.0. The van der Waals surface area contributed by atoms with Crippen molar-refractivity contribution in [1.29, 1.82) is 10.5 Å². The van der Waals surface area contributed by atoms with Gasteiger partial charge < -0.3 is 4.74 Å². The highest BCUT2D eigenvalue weighted by Gasteiger charge is 2.65. The lowest BCUT2D eigenvalue weighted by Crippen LogP contribution is -2.29. The Balaban J connectivity index is 2.39. The van der Waals surface area contributed by atoms with E-state index in [-0.39, 0.29) is 5.60 Å². The van der Waals surface area contributed by atoms with Crippen LogP contribution < -0.4 is 0 Å². The van der Waals surface area contributed by atoms with E-state index >= 15 is 0 Å². The van der Waals surface area contributed by atoms with Crippen molar-refractivity contribution in [3.63, 3.8) is 0 Å². The molecule has 1 atom stereocenters. The van der Waals surface area contributed by atoms with Gasteiger partial charge in [0.25, 0.3) is 0 Å². The summed E-state index contributed by atoms with van der Waals surface area (Å²) in [7, 11) is 0. The lowest BCUT2D eigenvalue weighted by molar-refractivity contribution is 0.236. The van der Waals surface area contributed by atoms with Gasteiger partial charge in [0, 0.05) is 0 Å². The highest BCUT2D eigenvalue weighted by Crippen LogP contribution is 2.55. The van der Waals surface area contributed by atoms with Crippen LogP contribution in [0.25, 0.3) is 0 Å². The van der Waals surface area contributed by atoms with Crippen LogP contribution in [-0.4, -0.2) is 12.2 Å². The number of hydrogen-bond donors (Lipinski definition) is 0. The van der Waals surface area contributed by atoms with E-state index in [2.05, 4.69) is 12.1 Å². The van der Waals surface area contributed by atoms with Gasteiger partial charge in [0.05, 0.1) is 18.7 Å². The van der Waals surface area contributed by atoms with Gasteiger partial charge in [-0.1, -0.05) is 0 Å². The van der Waals surface area contributed by atoms with E-state index in [4.69, 9.17) is 15.3 Å². The Hall–Kier alpha value is -1.06. The molecule has 3 nitrogen and oxygen atoms in total. The Bertz CT molecular complexity index is 253. The zero-order chi connectivity index (χ0) is 7.95. The summed E-state index contributed by atoms with van der Waals surface area (Å²) in [6.45, 7) is 0.605. The topological polar surface area (TPSA) is 60.1 Å². The SMILES string of the molecule is N#CC1(C#N)CCCC12CO2. The third-order valence-electron chi connectivity index (χ3n) is 2.78. The zero-order valence-electron chi connectivity index (χ0n) is 6.13. The summed E-state index contributed by atoms with van der Waals surface area (Å²) in [4.78, 5) is 0. The standard InChI is InChI=1S/C8H8N2O/c9-4-7(5-10)2-1-3-8(7)6-11-8/h1-3,6H2. The van der Waals surface area contributed by atoms with Crippen LogP contribution in [0.5, 0.6) is 0 Å². The van der Waals surface area contributed by atoms with Crippen molar-refractivity contribution in [2.24, 2.45) is 5.41 Å². The van der Waals surface area contributed by atoms with E-state index < -0.39 is 5.41 Å². The van der Waals surface area contributed by atoms with Crippen molar-refractivity contribution in [2.75, 3.05) is 6.61 Å². The van der Waals surface area contributed by atoms with Gasteiger partial charge in [0.2, 0.25) is 0 Å². The summed E-state index contributed by atoms with van der Waals surface area (Å²) >= 11 is 0. The Morgan fingerprint density at radius 2 is 1.82 bits per heavy atom. The van der Waals surface area contributed by atoms with Gasteiger partial charge in [-0.2, -0.15) is 10.5 Å². The maximum Gasteiger partial charge on any atom is 0.174 e. The van der Waals surface area contributed by atoms with Gasteiger partial charge in [-0.25, -0.2) is 0 Å². The molecule has 1 aliphatic carbocycles. The molecule has 0 aromatic carbocycles. The minimum atomic E-state index is -0.826. The summed E-state index contributed by atoms with van der Waals surface area (Å²) in [5.41, 5.74) is -1.19. The second kappa shape index (κ2) is 1.75. The molecule has 0 N–H and O–H groups in total. The van der Waals surface area contributed by atoms with Gasteiger partial charge in [-0.15, -0.1) is 0 Å². The smallest absolute Gasteiger partial charge is 0.174 e. The summed E-state index contributed by atoms with van der Waals surface area (Å²) in [5.74, 6) is 0. The van der Waals surface area contributed by atoms with Crippen LogP contribution in [0, 0.1) is 28.1 Å². The first-order valence-electron chi connectivity index (χ1n) is 3.75. The Morgan fingerprint density at radius 1 is 1.18 bits per heavy atom. The van der Waals surface area contributed by atoms with Gasteiger partial charge in [-0.3, -0.25) is 0 Å². The fraction of sp³-hybridized carbons (Fsp3) is 0.750. The second-order valence-corrected chi connectivity index (χ2v) is 3.27. The summed E-state index contributed by atoms with van der Waals surface area (Å²) in [5, 5.41) is 17.7. The van der Waals surface area contributed by atoms with Crippen molar-refractivity contribution >= 4 is 0 Å². The van der Waals surface area contributed by atoms with Crippen LogP contribution >= 0.6 is 0 Å². The molecule has 2 fully saturated rings. The number of hydrogen-bond acceptors (Lipinski definition) is 3. The van der Waals surface area contributed by atoms with E-state index in [0.29, 0.717) is 13.0 Å². The fourth-order valence-electron chi connectivity index (χ4n) is 1.90. The lowest BCUT2D eigenvalue weighted by Gasteiger charge is -2.15. The predicted molar refractivity (Wildman–Crippen MR) is 36.2 cm³/mol. The van der Waals surface area contributed by atoms with Crippen LogP contribution in [0.2, 0.25) is 0 Å². The molecular formula is C8H8N2O. The highest BCUT2D eigenvalue weighted by molar-refractivity contribution is 5.30. The molecule has 0 aromatic rings. The quantitative estimate of drug-likeness (QED) is 0.481. The van der Waals surface area contributed by atoms with Crippen molar-refractivity contribution in [3.8, 4) is 12.1 Å². The summed E-state index contributed by atoms with van der Waals surface area (Å²) in [6.07, 6.45) is 2.51. The molecule has 0 radical (unpaired) electrons. The average Bonchev–Trinajstić information content (AvgIpc) is 2.68. The van der Waals surface area contributed by atoms with Gasteiger partial charge in [0.15, 0.2) is 5.41 Å². The molecule has 1 heterocycles. The molecule has 56 valence electrons. The van der Waals surface area contributed by atoms with Crippen molar-refractivity contribution in [1.82, 2.24) is 0 Å². The number of epoxide rings is 1. The van der Waals surface area contributed by atoms with E-state index in [9.17, 15) is 0 Å². The van der Waals surface area contributed by atoms with Crippen LogP contribution in [0.4, 0.5) is 0 Å². The zero-order valence-corrected chi connectivity index (χ0v) is 6.13. The van der Waals surface area contributed by atoms with Crippen LogP contribution in [0.1, 0.15) is 19.3 Å². The third-order valence-corrected chi connectivity index (χ3v) is 2.78. The molecule has 0 bridgehead atoms. The molecule has 0 amide bonds. The molecule has 2 aliphatic rings. The second-order valence-electron chi connectivity index (χ2n) is 3.27. The van der Waals surface area contributed by atoms with E-state index in [0.717, 1.165) is 12.8 Å². The van der Waals surface area contributed by atoms with E-state index in [1.165, 1.54) is 0 Å². The molecule has 2 rings (SSSR count). The van der Waals surface area contributed by atoms with Crippen LogP contribution in [0.15, 0.2) is 0 Å². The largest absolute Gasteiger partial charge is 0.367 e. The Labute approximate surface area is 65.2 Å². The van der Waals surface area contributed by atoms with E-state index in [1.54, 1.807) is 0 Å². The highest BCUT2D eigenvalue weighted by atomic mass is 16.6. The molecule has 1 unspecified atom stereocenters. The lowest BCUT2D eigenvalue weighted by atomic mass is 9.81. The van der Waals surface area contributed by atoms with Crippen molar-refractivity contribution < 1.29 is 4.74 Å². The minimum Gasteiger partial charge on any atom is -0.367 e. The number of nitriles is 2. The molecule has 1 saturated heterocycles. The molecular weight excluding hydrogens is 140 g/mol. The maximum atomic E-state index is 8.84. The third kappa shape index (κ3) is 0.593. The van der Waals surface area contributed by atoms with Gasteiger partial charge in [-0.05, 0) is 19.3 Å². The first-order valence-corrected chi connectivity index (χ1v) is 3.75. The molecule has 1 aliphatic heterocycles. The molecule has 0 aromatic heterocycles. The first-order chi connectivity index (χ1) is 5.29. The number of rotatable bonds is 0. The fourth-order valence-corrected chi connectivity index (χ4v) is 1.90. The number of ether oxygens (including phenoxy) is 1. The van der Waals surface area contributed by atoms with E-state index in [1.807, 2.05) is 0 Å². The van der Waals surface area contributed by atoms with Gasteiger partial charge in [0.1, 0.15) is 5.60 Å². The van der Waals surface area contributed by atoms with Crippen LogP contribution in [0.3, 0.4) is 0 Å². The molecule has 1 saturated carbocycles. The predicted octanol–water partition coefficient (Wildman–Crippen LogP) is 0.973. The Morgan fingerprint density at radius 3 is 2.18 bits per heavy atom. The average molecular weight is 148 g/mol. The van der Waals surface area contributed by atoms with Gasteiger partial charge >= 0.3 is 0 Å². The minimum absolute atomic E-state index is 0.365. The first kappa shape index (κ1) is 6.64. The maximum absolute atomic E-state index is 8.84. The van der Waals surface area contributed by atoms with Crippen molar-refractivity contribution in [2.45, 2.75) is 24.9 Å². The summed E-state index contributed by atoms with van der Waals surface area (Å²) < 4.78 is 5.21. The molecule has 1 spiro atoms.